The first-order valence-corrected chi connectivity index (χ1v) is 11.3. The second-order valence-electron chi connectivity index (χ2n) is 7.09. The Kier molecular flexibility index (Phi) is 7.58. The molecule has 0 amide bonds. The van der Waals surface area contributed by atoms with Gasteiger partial charge in [0.25, 0.3) is 0 Å². The maximum atomic E-state index is 6.06. The second kappa shape index (κ2) is 11.0. The van der Waals surface area contributed by atoms with Gasteiger partial charge in [0.15, 0.2) is 5.11 Å². The lowest BCUT2D eigenvalue weighted by Gasteiger charge is -2.19. The number of para-hydroxylation sites is 2. The Morgan fingerprint density at radius 2 is 1.27 bits per heavy atom. The highest BCUT2D eigenvalue weighted by Crippen LogP contribution is 2.25. The van der Waals surface area contributed by atoms with Gasteiger partial charge in [-0.25, -0.2) is 5.01 Å². The topological polar surface area (TPSA) is 39.7 Å². The third-order valence-corrected chi connectivity index (χ3v) is 5.23. The summed E-state index contributed by atoms with van der Waals surface area (Å²) in [6.07, 6.45) is 1.82. The maximum Gasteiger partial charge on any atom is 0.175 e. The van der Waals surface area contributed by atoms with Crippen LogP contribution in [0.3, 0.4) is 0 Å². The number of benzene rings is 4. The van der Waals surface area contributed by atoms with Crippen molar-refractivity contribution in [3.63, 3.8) is 0 Å². The van der Waals surface area contributed by atoms with Gasteiger partial charge < -0.3 is 10.6 Å². The zero-order chi connectivity index (χ0) is 23.0. The number of hydrogen-bond acceptors (Lipinski definition) is 3. The van der Waals surface area contributed by atoms with Crippen LogP contribution in [0.15, 0.2) is 108 Å². The lowest BCUT2D eigenvalue weighted by atomic mass is 10.2. The van der Waals surface area contributed by atoms with Crippen molar-refractivity contribution in [1.29, 1.82) is 0 Å². The minimum absolute atomic E-state index is 0.428. The summed E-state index contributed by atoms with van der Waals surface area (Å²) in [5, 5.41) is 14.4. The van der Waals surface area contributed by atoms with Crippen molar-refractivity contribution in [3.05, 3.63) is 119 Å². The molecule has 0 aliphatic rings. The van der Waals surface area contributed by atoms with Gasteiger partial charge in [-0.15, -0.1) is 0 Å². The minimum atomic E-state index is 0.428. The Morgan fingerprint density at radius 1 is 0.697 bits per heavy atom. The summed E-state index contributed by atoms with van der Waals surface area (Å²) in [5.41, 5.74) is 4.41. The van der Waals surface area contributed by atoms with Gasteiger partial charge in [0.05, 0.1) is 17.6 Å². The third-order valence-electron chi connectivity index (χ3n) is 4.59. The number of anilines is 4. The van der Waals surface area contributed by atoms with E-state index in [2.05, 4.69) is 10.6 Å². The van der Waals surface area contributed by atoms with Crippen molar-refractivity contribution in [3.8, 4) is 0 Å². The molecule has 4 rings (SSSR count). The van der Waals surface area contributed by atoms with Crippen LogP contribution in [0.4, 0.5) is 22.7 Å². The molecule has 0 saturated carbocycles. The predicted molar refractivity (Wildman–Crippen MR) is 145 cm³/mol. The summed E-state index contributed by atoms with van der Waals surface area (Å²) in [6, 6.07) is 33.0. The molecule has 164 valence electrons. The Hall–Kier alpha value is -3.38. The number of rotatable bonds is 6. The number of hydrazone groups is 1. The van der Waals surface area contributed by atoms with Gasteiger partial charge in [-0.3, -0.25) is 0 Å². The number of hydrogen-bond donors (Lipinski definition) is 2. The van der Waals surface area contributed by atoms with Crippen molar-refractivity contribution >= 4 is 69.5 Å². The number of nitrogens with zero attached hydrogens (tertiary/aromatic N) is 2. The van der Waals surface area contributed by atoms with Gasteiger partial charge in [-0.2, -0.15) is 5.10 Å². The standard InChI is InChI=1S/C26H20Cl2N4S/c27-20-15-21(28)17-23(16-20)31-26(33)30-22-9-7-8-19(14-22)18-29-32(24-10-3-1-4-11-24)25-12-5-2-6-13-25/h1-18H,(H2,30,31,33)/b29-18+. The highest BCUT2D eigenvalue weighted by atomic mass is 35.5. The van der Waals surface area contributed by atoms with E-state index in [1.165, 1.54) is 0 Å². The quantitative estimate of drug-likeness (QED) is 0.163. The van der Waals surface area contributed by atoms with Crippen LogP contribution in [0, 0.1) is 0 Å². The SMILES string of the molecule is S=C(Nc1cc(Cl)cc(Cl)c1)Nc1cccc(/C=N/N(c2ccccc2)c2ccccc2)c1. The monoisotopic (exact) mass is 490 g/mol. The Bertz CT molecular complexity index is 1200. The van der Waals surface area contributed by atoms with E-state index in [0.29, 0.717) is 20.8 Å². The third kappa shape index (κ3) is 6.56. The molecule has 33 heavy (non-hydrogen) atoms. The number of nitrogens with one attached hydrogen (secondary N) is 2. The Morgan fingerprint density at radius 3 is 1.88 bits per heavy atom. The van der Waals surface area contributed by atoms with Crippen molar-refractivity contribution in [2.45, 2.75) is 0 Å². The van der Waals surface area contributed by atoms with Crippen molar-refractivity contribution < 1.29 is 0 Å². The molecule has 4 nitrogen and oxygen atoms in total. The molecule has 0 radical (unpaired) electrons. The maximum absolute atomic E-state index is 6.06. The van der Waals surface area contributed by atoms with E-state index in [9.17, 15) is 0 Å². The molecule has 7 heteroatoms. The van der Waals surface area contributed by atoms with Crippen LogP contribution in [0.1, 0.15) is 5.56 Å². The van der Waals surface area contributed by atoms with Crippen LogP contribution in [-0.4, -0.2) is 11.3 Å². The van der Waals surface area contributed by atoms with Gasteiger partial charge in [-0.05, 0) is 72.4 Å². The fourth-order valence-corrected chi connectivity index (χ4v) is 3.92. The molecular formula is C26H20Cl2N4S. The average molecular weight is 491 g/mol. The normalized spacial score (nSPS) is 10.7. The smallest absolute Gasteiger partial charge is 0.175 e. The lowest BCUT2D eigenvalue weighted by molar-refractivity contribution is 1.09. The Balaban J connectivity index is 1.50. The summed E-state index contributed by atoms with van der Waals surface area (Å²) < 4.78 is 0. The van der Waals surface area contributed by atoms with E-state index < -0.39 is 0 Å². The fraction of sp³-hybridized carbons (Fsp3) is 0. The van der Waals surface area contributed by atoms with Gasteiger partial charge in [0.1, 0.15) is 0 Å². The average Bonchev–Trinajstić information content (AvgIpc) is 2.80. The highest BCUT2D eigenvalue weighted by Gasteiger charge is 2.07. The van der Waals surface area contributed by atoms with Crippen LogP contribution in [0.25, 0.3) is 0 Å². The molecule has 0 aliphatic heterocycles. The molecule has 0 heterocycles. The van der Waals surface area contributed by atoms with Gasteiger partial charge in [0.2, 0.25) is 0 Å². The van der Waals surface area contributed by atoms with Gasteiger partial charge in [0, 0.05) is 21.4 Å². The van der Waals surface area contributed by atoms with Crippen molar-refractivity contribution in [2.24, 2.45) is 5.10 Å². The molecule has 0 fully saturated rings. The van der Waals surface area contributed by atoms with Crippen LogP contribution in [0.5, 0.6) is 0 Å². The molecule has 0 saturated heterocycles. The summed E-state index contributed by atoms with van der Waals surface area (Å²) in [5.74, 6) is 0. The first-order valence-electron chi connectivity index (χ1n) is 10.2. The largest absolute Gasteiger partial charge is 0.332 e. The fourth-order valence-electron chi connectivity index (χ4n) is 3.16. The van der Waals surface area contributed by atoms with E-state index in [4.69, 9.17) is 40.5 Å². The van der Waals surface area contributed by atoms with Gasteiger partial charge >= 0.3 is 0 Å². The summed E-state index contributed by atoms with van der Waals surface area (Å²) >= 11 is 17.5. The zero-order valence-corrected chi connectivity index (χ0v) is 19.8. The molecule has 0 unspecified atom stereocenters. The number of halogens is 2. The summed E-state index contributed by atoms with van der Waals surface area (Å²) in [4.78, 5) is 0. The van der Waals surface area contributed by atoms with E-state index >= 15 is 0 Å². The molecule has 4 aromatic rings. The van der Waals surface area contributed by atoms with Crippen LogP contribution in [-0.2, 0) is 0 Å². The molecule has 0 atom stereocenters. The Labute approximate surface area is 208 Å². The molecule has 2 N–H and O–H groups in total. The van der Waals surface area contributed by atoms with Crippen LogP contribution < -0.4 is 15.6 Å². The predicted octanol–water partition coefficient (Wildman–Crippen LogP) is 7.97. The van der Waals surface area contributed by atoms with E-state index in [1.807, 2.05) is 96.2 Å². The first-order chi connectivity index (χ1) is 16.1. The van der Waals surface area contributed by atoms with E-state index in [0.717, 1.165) is 22.6 Å². The zero-order valence-electron chi connectivity index (χ0n) is 17.5. The summed E-state index contributed by atoms with van der Waals surface area (Å²) in [7, 11) is 0. The molecular weight excluding hydrogens is 471 g/mol. The molecule has 0 aliphatic carbocycles. The number of thiocarbonyl (C=S) groups is 1. The molecule has 0 bridgehead atoms. The van der Waals surface area contributed by atoms with Gasteiger partial charge in [-0.1, -0.05) is 71.7 Å². The first kappa shape index (κ1) is 22.8. The van der Waals surface area contributed by atoms with Crippen LogP contribution in [0.2, 0.25) is 10.0 Å². The lowest BCUT2D eigenvalue weighted by Crippen LogP contribution is -2.19. The van der Waals surface area contributed by atoms with Crippen LogP contribution >= 0.6 is 35.4 Å². The molecule has 0 aromatic heterocycles. The van der Waals surface area contributed by atoms with E-state index in [1.54, 1.807) is 18.2 Å². The summed E-state index contributed by atoms with van der Waals surface area (Å²) in [6.45, 7) is 0. The molecule has 4 aromatic carbocycles. The van der Waals surface area contributed by atoms with E-state index in [-0.39, 0.29) is 0 Å². The molecule has 0 spiro atoms. The minimum Gasteiger partial charge on any atom is -0.332 e. The van der Waals surface area contributed by atoms with Crippen molar-refractivity contribution in [2.75, 3.05) is 15.6 Å². The second-order valence-corrected chi connectivity index (χ2v) is 8.37. The highest BCUT2D eigenvalue weighted by molar-refractivity contribution is 7.80. The van der Waals surface area contributed by atoms with Crippen molar-refractivity contribution in [1.82, 2.24) is 0 Å².